The summed E-state index contributed by atoms with van der Waals surface area (Å²) in [7, 11) is 0. The molecular formula is C28H15ClIN3O. The maximum Gasteiger partial charge on any atom is 0.224 e. The fourth-order valence-electron chi connectivity index (χ4n) is 4.77. The molecule has 4 aromatic carbocycles. The highest BCUT2D eigenvalue weighted by atomic mass is 127. The van der Waals surface area contributed by atoms with Crippen molar-refractivity contribution in [3.05, 3.63) is 100.0 Å². The van der Waals surface area contributed by atoms with Gasteiger partial charge in [-0.05, 0) is 87.8 Å². The van der Waals surface area contributed by atoms with Crippen molar-refractivity contribution in [2.45, 2.75) is 0 Å². The van der Waals surface area contributed by atoms with Crippen molar-refractivity contribution < 1.29 is 4.42 Å². The van der Waals surface area contributed by atoms with Gasteiger partial charge in [-0.1, -0.05) is 48.5 Å². The smallest absolute Gasteiger partial charge is 0.224 e. The van der Waals surface area contributed by atoms with Gasteiger partial charge in [0.2, 0.25) is 5.28 Å². The highest BCUT2D eigenvalue weighted by Crippen LogP contribution is 2.37. The molecule has 4 nitrogen and oxygen atoms in total. The van der Waals surface area contributed by atoms with E-state index >= 15 is 0 Å². The van der Waals surface area contributed by atoms with Crippen LogP contribution in [-0.4, -0.2) is 14.5 Å². The van der Waals surface area contributed by atoms with Crippen molar-refractivity contribution in [2.24, 2.45) is 0 Å². The fraction of sp³-hybridized carbons (Fsp3) is 0. The molecule has 0 bridgehead atoms. The number of hydrogen-bond donors (Lipinski definition) is 0. The Hall–Kier alpha value is -3.42. The molecule has 3 heterocycles. The normalized spacial score (nSPS) is 11.8. The van der Waals surface area contributed by atoms with Crippen molar-refractivity contribution >= 4 is 78.1 Å². The first-order valence-corrected chi connectivity index (χ1v) is 12.3. The molecule has 0 saturated heterocycles. The van der Waals surface area contributed by atoms with Crippen molar-refractivity contribution in [3.8, 4) is 16.8 Å². The van der Waals surface area contributed by atoms with Gasteiger partial charge >= 0.3 is 0 Å². The molecular weight excluding hydrogens is 557 g/mol. The first-order chi connectivity index (χ1) is 16.7. The molecule has 0 fully saturated rings. The summed E-state index contributed by atoms with van der Waals surface area (Å²) in [6.07, 6.45) is 0. The molecule has 0 aliphatic rings. The second kappa shape index (κ2) is 7.55. The van der Waals surface area contributed by atoms with Crippen LogP contribution in [0.2, 0.25) is 5.28 Å². The molecule has 0 spiro atoms. The highest BCUT2D eigenvalue weighted by molar-refractivity contribution is 14.1. The zero-order valence-electron chi connectivity index (χ0n) is 17.7. The molecule has 0 atom stereocenters. The van der Waals surface area contributed by atoms with Gasteiger partial charge in [-0.25, -0.2) is 9.97 Å². The van der Waals surface area contributed by atoms with Gasteiger partial charge in [0, 0.05) is 21.8 Å². The van der Waals surface area contributed by atoms with E-state index in [9.17, 15) is 0 Å². The standard InChI is InChI=1S/C28H15ClIN3O/c29-28-31-25-21-15-17(11-13-24(21)34-26(25)27(30)32-28)16-10-12-23-20(14-16)19-8-4-5-9-22(19)33(23)18-6-2-1-3-7-18/h1-15H. The van der Waals surface area contributed by atoms with E-state index in [0.29, 0.717) is 9.28 Å². The van der Waals surface area contributed by atoms with E-state index in [4.69, 9.17) is 16.0 Å². The Morgan fingerprint density at radius 1 is 0.706 bits per heavy atom. The van der Waals surface area contributed by atoms with Gasteiger partial charge in [0.15, 0.2) is 5.58 Å². The summed E-state index contributed by atoms with van der Waals surface area (Å²) in [5.74, 6) is 0. The molecule has 34 heavy (non-hydrogen) atoms. The van der Waals surface area contributed by atoms with Crippen LogP contribution in [-0.2, 0) is 0 Å². The SMILES string of the molecule is Clc1nc(I)c2oc3ccc(-c4ccc5c(c4)c4ccccc4n5-c4ccccc4)cc3c2n1. The lowest BCUT2D eigenvalue weighted by molar-refractivity contribution is 0.662. The quantitative estimate of drug-likeness (QED) is 0.119. The van der Waals surface area contributed by atoms with Gasteiger partial charge in [0.25, 0.3) is 0 Å². The summed E-state index contributed by atoms with van der Waals surface area (Å²) in [5.41, 5.74) is 7.93. The van der Waals surface area contributed by atoms with Crippen molar-refractivity contribution in [2.75, 3.05) is 0 Å². The Bertz CT molecular complexity index is 1890. The molecule has 0 unspecified atom stereocenters. The van der Waals surface area contributed by atoms with Crippen LogP contribution in [0, 0.1) is 3.70 Å². The van der Waals surface area contributed by atoms with Gasteiger partial charge in [0.05, 0.1) is 11.0 Å². The van der Waals surface area contributed by atoms with Crippen LogP contribution in [0.4, 0.5) is 0 Å². The molecule has 0 aliphatic heterocycles. The monoisotopic (exact) mass is 571 g/mol. The van der Waals surface area contributed by atoms with E-state index in [-0.39, 0.29) is 5.28 Å². The average Bonchev–Trinajstić information content (AvgIpc) is 3.40. The van der Waals surface area contributed by atoms with E-state index in [2.05, 4.69) is 116 Å². The van der Waals surface area contributed by atoms with Crippen LogP contribution < -0.4 is 0 Å². The summed E-state index contributed by atoms with van der Waals surface area (Å²) in [6.45, 7) is 0. The Morgan fingerprint density at radius 2 is 1.41 bits per heavy atom. The van der Waals surface area contributed by atoms with E-state index in [1.807, 2.05) is 12.1 Å². The number of hydrogen-bond acceptors (Lipinski definition) is 3. The molecule has 6 heteroatoms. The number of rotatable bonds is 2. The Kier molecular flexibility index (Phi) is 4.44. The molecule has 7 aromatic rings. The predicted molar refractivity (Wildman–Crippen MR) is 147 cm³/mol. The van der Waals surface area contributed by atoms with Gasteiger partial charge in [-0.15, -0.1) is 0 Å². The minimum absolute atomic E-state index is 0.222. The van der Waals surface area contributed by atoms with E-state index < -0.39 is 0 Å². The van der Waals surface area contributed by atoms with E-state index in [1.165, 1.54) is 21.8 Å². The second-order valence-corrected chi connectivity index (χ2v) is 9.55. The summed E-state index contributed by atoms with van der Waals surface area (Å²) in [5, 5.41) is 3.60. The Morgan fingerprint density at radius 3 is 2.26 bits per heavy atom. The van der Waals surface area contributed by atoms with E-state index in [0.717, 1.165) is 33.3 Å². The molecule has 0 radical (unpaired) electrons. The third-order valence-electron chi connectivity index (χ3n) is 6.26. The van der Waals surface area contributed by atoms with Crippen LogP contribution >= 0.6 is 34.2 Å². The first kappa shape index (κ1) is 20.0. The van der Waals surface area contributed by atoms with Crippen molar-refractivity contribution in [1.29, 1.82) is 0 Å². The largest absolute Gasteiger partial charge is 0.452 e. The first-order valence-electron chi connectivity index (χ1n) is 10.8. The van der Waals surface area contributed by atoms with Crippen LogP contribution in [0.1, 0.15) is 0 Å². The lowest BCUT2D eigenvalue weighted by Gasteiger charge is -2.08. The minimum Gasteiger partial charge on any atom is -0.452 e. The van der Waals surface area contributed by atoms with Crippen LogP contribution in [0.25, 0.3) is 60.7 Å². The fourth-order valence-corrected chi connectivity index (χ4v) is 5.68. The molecule has 0 saturated carbocycles. The molecule has 162 valence electrons. The number of aromatic nitrogens is 3. The summed E-state index contributed by atoms with van der Waals surface area (Å²) >= 11 is 8.27. The zero-order valence-corrected chi connectivity index (χ0v) is 20.6. The molecule has 7 rings (SSSR count). The Labute approximate surface area is 212 Å². The molecule has 0 N–H and O–H groups in total. The van der Waals surface area contributed by atoms with Gasteiger partial charge < -0.3 is 8.98 Å². The summed E-state index contributed by atoms with van der Waals surface area (Å²) in [4.78, 5) is 8.65. The maximum atomic E-state index is 6.14. The van der Waals surface area contributed by atoms with Crippen LogP contribution in [0.5, 0.6) is 0 Å². The summed E-state index contributed by atoms with van der Waals surface area (Å²) < 4.78 is 9.05. The maximum absolute atomic E-state index is 6.14. The van der Waals surface area contributed by atoms with Gasteiger partial charge in [0.1, 0.15) is 14.8 Å². The number of benzene rings is 4. The Balaban J connectivity index is 1.48. The van der Waals surface area contributed by atoms with Gasteiger partial charge in [-0.2, -0.15) is 0 Å². The number of halogens is 2. The molecule has 3 aromatic heterocycles. The number of furan rings is 1. The minimum atomic E-state index is 0.222. The predicted octanol–water partition coefficient (Wildman–Crippen LogP) is 8.40. The third-order valence-corrected chi connectivity index (χ3v) is 7.16. The average molecular weight is 572 g/mol. The van der Waals surface area contributed by atoms with E-state index in [1.54, 1.807) is 0 Å². The molecule has 0 amide bonds. The number of nitrogens with zero attached hydrogens (tertiary/aromatic N) is 3. The summed E-state index contributed by atoms with van der Waals surface area (Å²) in [6, 6.07) is 31.9. The van der Waals surface area contributed by atoms with Crippen LogP contribution in [0.15, 0.2) is 95.4 Å². The second-order valence-electron chi connectivity index (χ2n) is 8.19. The van der Waals surface area contributed by atoms with Gasteiger partial charge in [-0.3, -0.25) is 0 Å². The van der Waals surface area contributed by atoms with Crippen molar-refractivity contribution in [1.82, 2.24) is 14.5 Å². The lowest BCUT2D eigenvalue weighted by atomic mass is 10.0. The van der Waals surface area contributed by atoms with Crippen molar-refractivity contribution in [3.63, 3.8) is 0 Å². The lowest BCUT2D eigenvalue weighted by Crippen LogP contribution is -1.92. The topological polar surface area (TPSA) is 43.9 Å². The number of para-hydroxylation sites is 2. The number of fused-ring (bicyclic) bond motifs is 6. The zero-order chi connectivity index (χ0) is 22.8. The molecule has 0 aliphatic carbocycles. The highest BCUT2D eigenvalue weighted by Gasteiger charge is 2.16. The third kappa shape index (κ3) is 2.97. The van der Waals surface area contributed by atoms with Crippen LogP contribution in [0.3, 0.4) is 0 Å².